The van der Waals surface area contributed by atoms with Gasteiger partial charge in [0.1, 0.15) is 19.3 Å². The minimum Gasteiger partial charge on any atom is -0.462 e. The van der Waals surface area contributed by atoms with Gasteiger partial charge in [0.2, 0.25) is 0 Å². The number of aliphatic hydroxyl groups excluding tert-OH is 1. The van der Waals surface area contributed by atoms with Gasteiger partial charge in [0.25, 0.3) is 0 Å². The van der Waals surface area contributed by atoms with Gasteiger partial charge < -0.3 is 33.8 Å². The van der Waals surface area contributed by atoms with E-state index in [2.05, 4.69) is 55.4 Å². The summed E-state index contributed by atoms with van der Waals surface area (Å²) in [6.07, 6.45) is 33.5. The summed E-state index contributed by atoms with van der Waals surface area (Å²) >= 11 is 0. The van der Waals surface area contributed by atoms with Gasteiger partial charge in [-0.25, -0.2) is 9.13 Å². The van der Waals surface area contributed by atoms with E-state index in [1.54, 1.807) is 0 Å². The summed E-state index contributed by atoms with van der Waals surface area (Å²) in [7, 11) is -9.89. The average Bonchev–Trinajstić information content (AvgIpc) is 3.46. The average molecular weight is 1230 g/mol. The monoisotopic (exact) mass is 1230 g/mol. The zero-order chi connectivity index (χ0) is 61.8. The maximum absolute atomic E-state index is 13.0. The molecule has 0 aromatic carbocycles. The molecule has 0 aliphatic rings. The third-order valence-corrected chi connectivity index (χ3v) is 17.6. The molecule has 5 unspecified atom stereocenters. The van der Waals surface area contributed by atoms with Gasteiger partial charge in [-0.3, -0.25) is 37.3 Å². The topological polar surface area (TPSA) is 237 Å². The van der Waals surface area contributed by atoms with Crippen molar-refractivity contribution in [2.45, 2.75) is 324 Å². The number of hydrogen-bond acceptors (Lipinski definition) is 15. The highest BCUT2D eigenvalue weighted by Gasteiger charge is 2.30. The van der Waals surface area contributed by atoms with E-state index in [9.17, 15) is 43.2 Å². The highest BCUT2D eigenvalue weighted by atomic mass is 31.2. The lowest BCUT2D eigenvalue weighted by atomic mass is 10.00. The third-order valence-electron chi connectivity index (χ3n) is 15.7. The Kier molecular flexibility index (Phi) is 53.0. The molecule has 0 radical (unpaired) electrons. The highest BCUT2D eigenvalue weighted by Crippen LogP contribution is 2.45. The van der Waals surface area contributed by atoms with Crippen molar-refractivity contribution >= 4 is 39.5 Å². The Bertz CT molecular complexity index is 1670. The molecule has 8 atom stereocenters. The molecule has 83 heavy (non-hydrogen) atoms. The molecule has 0 fully saturated rings. The summed E-state index contributed by atoms with van der Waals surface area (Å²) in [5.41, 5.74) is 0. The molecule has 0 aromatic heterocycles. The van der Waals surface area contributed by atoms with Crippen LogP contribution in [-0.2, 0) is 65.4 Å². The van der Waals surface area contributed by atoms with E-state index in [1.165, 1.54) is 96.3 Å². The molecule has 0 heterocycles. The second-order valence-corrected chi connectivity index (χ2v) is 27.3. The number of hydrogen-bond donors (Lipinski definition) is 3. The van der Waals surface area contributed by atoms with Crippen LogP contribution in [0, 0.1) is 23.7 Å². The lowest BCUT2D eigenvalue weighted by Crippen LogP contribution is -2.30. The third kappa shape index (κ3) is 55.1. The van der Waals surface area contributed by atoms with E-state index in [4.69, 9.17) is 37.0 Å². The van der Waals surface area contributed by atoms with Gasteiger partial charge in [-0.05, 0) is 49.4 Å². The van der Waals surface area contributed by atoms with E-state index in [-0.39, 0.29) is 25.7 Å². The summed E-state index contributed by atoms with van der Waals surface area (Å²) in [5, 5.41) is 10.5. The first-order valence-corrected chi connectivity index (χ1v) is 36.3. The second-order valence-electron chi connectivity index (χ2n) is 24.4. The number of unbranched alkanes of at least 4 members (excludes halogenated alkanes) is 24. The first-order valence-electron chi connectivity index (χ1n) is 33.3. The van der Waals surface area contributed by atoms with E-state index < -0.39 is 97.5 Å². The molecule has 0 aromatic rings. The zero-order valence-electron chi connectivity index (χ0n) is 53.8. The van der Waals surface area contributed by atoms with Crippen molar-refractivity contribution in [3.8, 4) is 0 Å². The molecule has 0 aliphatic carbocycles. The summed E-state index contributed by atoms with van der Waals surface area (Å²) in [6.45, 7) is 14.0. The maximum Gasteiger partial charge on any atom is 0.472 e. The minimum atomic E-state index is -4.95. The van der Waals surface area contributed by atoms with Crippen LogP contribution in [0.2, 0.25) is 0 Å². The predicted octanol–water partition coefficient (Wildman–Crippen LogP) is 17.4. The maximum atomic E-state index is 13.0. The molecule has 0 amide bonds. The first-order chi connectivity index (χ1) is 39.7. The summed E-state index contributed by atoms with van der Waals surface area (Å²) in [6, 6.07) is 0. The Balaban J connectivity index is 5.27. The highest BCUT2D eigenvalue weighted by molar-refractivity contribution is 7.47. The smallest absolute Gasteiger partial charge is 0.462 e. The van der Waals surface area contributed by atoms with Crippen LogP contribution in [0.3, 0.4) is 0 Å². The normalized spacial score (nSPS) is 15.4. The van der Waals surface area contributed by atoms with Crippen LogP contribution in [0.15, 0.2) is 0 Å². The number of carbonyl (C=O) groups excluding carboxylic acids is 4. The Hall–Kier alpha value is -1.94. The molecule has 0 aliphatic heterocycles. The van der Waals surface area contributed by atoms with Crippen molar-refractivity contribution in [3.63, 3.8) is 0 Å². The van der Waals surface area contributed by atoms with Gasteiger partial charge in [0, 0.05) is 25.7 Å². The molecule has 0 saturated heterocycles. The lowest BCUT2D eigenvalue weighted by Gasteiger charge is -2.21. The fourth-order valence-corrected chi connectivity index (χ4v) is 10.9. The van der Waals surface area contributed by atoms with Crippen molar-refractivity contribution in [1.29, 1.82) is 0 Å². The number of phosphoric acid groups is 2. The van der Waals surface area contributed by atoms with Gasteiger partial charge in [0.15, 0.2) is 12.2 Å². The van der Waals surface area contributed by atoms with Gasteiger partial charge in [0.05, 0.1) is 26.4 Å². The van der Waals surface area contributed by atoms with Crippen molar-refractivity contribution in [1.82, 2.24) is 0 Å². The fourth-order valence-electron chi connectivity index (χ4n) is 9.33. The molecule has 17 nitrogen and oxygen atoms in total. The molecule has 0 saturated carbocycles. The Morgan fingerprint density at radius 3 is 0.855 bits per heavy atom. The second kappa shape index (κ2) is 54.2. The zero-order valence-corrected chi connectivity index (χ0v) is 55.6. The summed E-state index contributed by atoms with van der Waals surface area (Å²) in [5.74, 6) is 0.791. The van der Waals surface area contributed by atoms with Gasteiger partial charge in [-0.1, -0.05) is 254 Å². The van der Waals surface area contributed by atoms with Crippen LogP contribution in [0.1, 0.15) is 306 Å². The number of esters is 4. The van der Waals surface area contributed by atoms with Crippen LogP contribution in [0.4, 0.5) is 0 Å². The van der Waals surface area contributed by atoms with Crippen LogP contribution in [0.25, 0.3) is 0 Å². The number of ether oxygens (including phenoxy) is 4. The van der Waals surface area contributed by atoms with Crippen molar-refractivity contribution < 1.29 is 80.2 Å². The van der Waals surface area contributed by atoms with E-state index in [1.807, 2.05) is 0 Å². The Labute approximate surface area is 505 Å². The summed E-state index contributed by atoms with van der Waals surface area (Å²) in [4.78, 5) is 72.2. The van der Waals surface area contributed by atoms with Gasteiger partial charge >= 0.3 is 39.5 Å². The van der Waals surface area contributed by atoms with Crippen LogP contribution in [-0.4, -0.2) is 96.7 Å². The quantitative estimate of drug-likeness (QED) is 0.0222. The molecule has 0 spiro atoms. The van der Waals surface area contributed by atoms with Crippen molar-refractivity contribution in [2.75, 3.05) is 39.6 Å². The molecule has 3 N–H and O–H groups in total. The van der Waals surface area contributed by atoms with Gasteiger partial charge in [-0.15, -0.1) is 0 Å². The largest absolute Gasteiger partial charge is 0.472 e. The van der Waals surface area contributed by atoms with Crippen molar-refractivity contribution in [3.05, 3.63) is 0 Å². The number of aliphatic hydroxyl groups is 1. The Morgan fingerprint density at radius 2 is 0.578 bits per heavy atom. The molecular formula is C64H124O17P2. The van der Waals surface area contributed by atoms with E-state index in [0.29, 0.717) is 25.7 Å². The lowest BCUT2D eigenvalue weighted by molar-refractivity contribution is -0.161. The first kappa shape index (κ1) is 81.1. The SMILES string of the molecule is CCC(C)CCCCCCCCC(=O)OC[C@H](COP(=O)(O)OC[C@@H](O)COP(=O)(O)OC[C@@H](COC(=O)CCCCCCCCC(C)CC)OC(=O)CCCCCCCCC(C)CC)OC(=O)CCCCCCCCCCCCC(C)C. The predicted molar refractivity (Wildman–Crippen MR) is 331 cm³/mol. The van der Waals surface area contributed by atoms with E-state index in [0.717, 1.165) is 126 Å². The van der Waals surface area contributed by atoms with Crippen LogP contribution >= 0.6 is 15.6 Å². The molecule has 0 rings (SSSR count). The molecule has 0 bridgehead atoms. The minimum absolute atomic E-state index is 0.101. The summed E-state index contributed by atoms with van der Waals surface area (Å²) < 4.78 is 68.0. The van der Waals surface area contributed by atoms with Gasteiger partial charge in [-0.2, -0.15) is 0 Å². The van der Waals surface area contributed by atoms with Crippen molar-refractivity contribution in [2.24, 2.45) is 23.7 Å². The molecule has 19 heteroatoms. The number of rotatable bonds is 61. The Morgan fingerprint density at radius 1 is 0.337 bits per heavy atom. The van der Waals surface area contributed by atoms with E-state index >= 15 is 0 Å². The van der Waals surface area contributed by atoms with Crippen LogP contribution in [0.5, 0.6) is 0 Å². The molecule has 492 valence electrons. The van der Waals surface area contributed by atoms with Crippen LogP contribution < -0.4 is 0 Å². The number of carbonyl (C=O) groups is 4. The standard InChI is InChI=1S/C64H124O17P2/c1-9-55(6)41-33-25-18-21-28-36-44-61(66)74-50-59(80-63(68)46-38-30-17-15-13-12-14-16-24-32-40-54(4)5)52-78-82(70,71)76-48-58(65)49-77-83(72,73)79-53-60(81-64(69)47-39-31-23-20-27-35-43-57(8)11-3)51-75-62(67)45-37-29-22-19-26-34-42-56(7)10-2/h54-60,65H,9-53H2,1-8H3,(H,70,71)(H,72,73)/t55?,56?,57?,58-,59-,60-/m1/s1. The molecular weight excluding hydrogens is 1100 g/mol. The number of phosphoric ester groups is 2. The fraction of sp³-hybridized carbons (Fsp3) is 0.938.